The average molecular weight is 407 g/mol. The molecule has 3 heterocycles. The molecule has 0 fully saturated rings. The van der Waals surface area contributed by atoms with Gasteiger partial charge in [0.25, 0.3) is 0 Å². The van der Waals surface area contributed by atoms with Crippen molar-refractivity contribution in [2.75, 3.05) is 0 Å². The SMILES string of the molecule is Cn1ncc2c(SCc3csc(-c4ccc(C(F)(F)F)cc4)n3)ncnc21. The summed E-state index contributed by atoms with van der Waals surface area (Å²) in [6.07, 6.45) is -1.11. The Kier molecular flexibility index (Phi) is 4.60. The van der Waals surface area contributed by atoms with E-state index in [1.807, 2.05) is 12.4 Å². The van der Waals surface area contributed by atoms with Gasteiger partial charge in [-0.25, -0.2) is 15.0 Å². The number of benzene rings is 1. The van der Waals surface area contributed by atoms with Crippen LogP contribution in [0.3, 0.4) is 0 Å². The maximum Gasteiger partial charge on any atom is 0.416 e. The van der Waals surface area contributed by atoms with E-state index in [1.54, 1.807) is 10.9 Å². The maximum atomic E-state index is 12.7. The molecule has 3 aromatic heterocycles. The molecule has 0 saturated heterocycles. The van der Waals surface area contributed by atoms with Gasteiger partial charge in [0.15, 0.2) is 5.65 Å². The average Bonchev–Trinajstić information content (AvgIpc) is 3.27. The third-order valence-corrected chi connectivity index (χ3v) is 5.84. The molecule has 0 radical (unpaired) electrons. The summed E-state index contributed by atoms with van der Waals surface area (Å²) in [5, 5.41) is 8.47. The Labute approximate surface area is 160 Å². The number of aromatic nitrogens is 5. The predicted molar refractivity (Wildman–Crippen MR) is 98.4 cm³/mol. The van der Waals surface area contributed by atoms with Crippen molar-refractivity contribution in [3.8, 4) is 10.6 Å². The summed E-state index contributed by atoms with van der Waals surface area (Å²) >= 11 is 2.93. The highest BCUT2D eigenvalue weighted by Crippen LogP contribution is 2.33. The molecule has 4 rings (SSSR count). The van der Waals surface area contributed by atoms with Crippen molar-refractivity contribution in [3.05, 3.63) is 53.4 Å². The van der Waals surface area contributed by atoms with E-state index in [2.05, 4.69) is 20.1 Å². The van der Waals surface area contributed by atoms with Gasteiger partial charge in [0, 0.05) is 23.7 Å². The van der Waals surface area contributed by atoms with Crippen molar-refractivity contribution in [2.24, 2.45) is 7.05 Å². The topological polar surface area (TPSA) is 56.5 Å². The van der Waals surface area contributed by atoms with Crippen LogP contribution in [-0.2, 0) is 19.0 Å². The third-order valence-electron chi connectivity index (χ3n) is 3.86. The van der Waals surface area contributed by atoms with Gasteiger partial charge >= 0.3 is 6.18 Å². The van der Waals surface area contributed by atoms with Crippen LogP contribution >= 0.6 is 23.1 Å². The van der Waals surface area contributed by atoms with E-state index in [0.29, 0.717) is 16.3 Å². The van der Waals surface area contributed by atoms with Gasteiger partial charge in [-0.05, 0) is 12.1 Å². The van der Waals surface area contributed by atoms with E-state index in [0.717, 1.165) is 33.9 Å². The van der Waals surface area contributed by atoms with Crippen LogP contribution in [-0.4, -0.2) is 24.7 Å². The fraction of sp³-hybridized carbons (Fsp3) is 0.176. The van der Waals surface area contributed by atoms with E-state index < -0.39 is 11.7 Å². The first-order chi connectivity index (χ1) is 12.9. The maximum absolute atomic E-state index is 12.7. The molecule has 0 spiro atoms. The minimum absolute atomic E-state index is 0.595. The van der Waals surface area contributed by atoms with Crippen LogP contribution in [0.1, 0.15) is 11.3 Å². The Hall–Kier alpha value is -2.46. The lowest BCUT2D eigenvalue weighted by Gasteiger charge is -2.06. The first-order valence-electron chi connectivity index (χ1n) is 7.79. The molecule has 0 aliphatic carbocycles. The quantitative estimate of drug-likeness (QED) is 0.359. The smallest absolute Gasteiger partial charge is 0.250 e. The zero-order valence-corrected chi connectivity index (χ0v) is 15.6. The Morgan fingerprint density at radius 3 is 2.67 bits per heavy atom. The number of hydrogen-bond acceptors (Lipinski definition) is 6. The summed E-state index contributed by atoms with van der Waals surface area (Å²) in [6, 6.07) is 5.04. The van der Waals surface area contributed by atoms with Gasteiger partial charge in [0.1, 0.15) is 16.4 Å². The normalized spacial score (nSPS) is 12.0. The standard InChI is InChI=1S/C17H12F3N5S2/c1-25-14-13(6-23-25)16(22-9-21-14)27-8-12-7-26-15(24-12)10-2-4-11(5-3-10)17(18,19)20/h2-7,9H,8H2,1H3. The second-order valence-electron chi connectivity index (χ2n) is 5.69. The van der Waals surface area contributed by atoms with Gasteiger partial charge in [-0.1, -0.05) is 23.9 Å². The van der Waals surface area contributed by atoms with E-state index in [9.17, 15) is 13.2 Å². The van der Waals surface area contributed by atoms with E-state index >= 15 is 0 Å². The van der Waals surface area contributed by atoms with Crippen LogP contribution in [0.15, 0.2) is 47.2 Å². The summed E-state index contributed by atoms with van der Waals surface area (Å²) in [5.74, 6) is 0.595. The molecule has 138 valence electrons. The fourth-order valence-electron chi connectivity index (χ4n) is 2.51. The number of aryl methyl sites for hydroxylation is 1. The second-order valence-corrected chi connectivity index (χ2v) is 7.51. The number of alkyl halides is 3. The van der Waals surface area contributed by atoms with Gasteiger partial charge in [0.05, 0.1) is 22.8 Å². The first kappa shape index (κ1) is 17.9. The molecule has 10 heteroatoms. The molecule has 0 atom stereocenters. The zero-order chi connectivity index (χ0) is 19.0. The minimum atomic E-state index is -4.33. The summed E-state index contributed by atoms with van der Waals surface area (Å²) in [7, 11) is 1.82. The molecule has 1 aromatic carbocycles. The van der Waals surface area contributed by atoms with Crippen LogP contribution in [0.5, 0.6) is 0 Å². The van der Waals surface area contributed by atoms with Crippen LogP contribution in [0.2, 0.25) is 0 Å². The minimum Gasteiger partial charge on any atom is -0.250 e. The van der Waals surface area contributed by atoms with Crippen molar-refractivity contribution < 1.29 is 13.2 Å². The fourth-order valence-corrected chi connectivity index (χ4v) is 4.29. The Balaban J connectivity index is 1.49. The zero-order valence-electron chi connectivity index (χ0n) is 13.9. The van der Waals surface area contributed by atoms with Gasteiger partial charge < -0.3 is 0 Å². The molecule has 27 heavy (non-hydrogen) atoms. The molecule has 0 N–H and O–H groups in total. The van der Waals surface area contributed by atoms with Crippen LogP contribution < -0.4 is 0 Å². The number of nitrogens with zero attached hydrogens (tertiary/aromatic N) is 5. The van der Waals surface area contributed by atoms with E-state index in [4.69, 9.17) is 0 Å². The third kappa shape index (κ3) is 3.67. The number of fused-ring (bicyclic) bond motifs is 1. The van der Waals surface area contributed by atoms with Crippen molar-refractivity contribution in [3.63, 3.8) is 0 Å². The van der Waals surface area contributed by atoms with Crippen LogP contribution in [0.25, 0.3) is 21.6 Å². The molecule has 5 nitrogen and oxygen atoms in total. The summed E-state index contributed by atoms with van der Waals surface area (Å²) in [5.41, 5.74) is 1.61. The van der Waals surface area contributed by atoms with Crippen molar-refractivity contribution in [1.29, 1.82) is 0 Å². The van der Waals surface area contributed by atoms with Gasteiger partial charge in [-0.3, -0.25) is 4.68 Å². The molecule has 0 aliphatic rings. The molecule has 0 aliphatic heterocycles. The molecule has 0 amide bonds. The van der Waals surface area contributed by atoms with Crippen LogP contribution in [0.4, 0.5) is 13.2 Å². The molecule has 0 unspecified atom stereocenters. The molecular formula is C17H12F3N5S2. The lowest BCUT2D eigenvalue weighted by atomic mass is 10.1. The molecule has 0 saturated carbocycles. The number of rotatable bonds is 4. The van der Waals surface area contributed by atoms with E-state index in [-0.39, 0.29) is 0 Å². The lowest BCUT2D eigenvalue weighted by Crippen LogP contribution is -2.03. The predicted octanol–water partition coefficient (Wildman–Crippen LogP) is 4.80. The highest BCUT2D eigenvalue weighted by molar-refractivity contribution is 7.98. The summed E-state index contributed by atoms with van der Waals surface area (Å²) < 4.78 is 39.7. The second kappa shape index (κ2) is 6.93. The first-order valence-corrected chi connectivity index (χ1v) is 9.66. The summed E-state index contributed by atoms with van der Waals surface area (Å²) in [4.78, 5) is 13.0. The number of thioether (sulfide) groups is 1. The Bertz CT molecular complexity index is 1090. The lowest BCUT2D eigenvalue weighted by molar-refractivity contribution is -0.137. The van der Waals surface area contributed by atoms with Crippen molar-refractivity contribution in [2.45, 2.75) is 17.0 Å². The molecular weight excluding hydrogens is 395 g/mol. The van der Waals surface area contributed by atoms with Gasteiger partial charge in [-0.15, -0.1) is 11.3 Å². The number of halogens is 3. The van der Waals surface area contributed by atoms with Gasteiger partial charge in [0.2, 0.25) is 0 Å². The Morgan fingerprint density at radius 2 is 1.93 bits per heavy atom. The highest BCUT2D eigenvalue weighted by Gasteiger charge is 2.30. The van der Waals surface area contributed by atoms with E-state index in [1.165, 1.54) is 41.6 Å². The van der Waals surface area contributed by atoms with Crippen molar-refractivity contribution >= 4 is 34.1 Å². The Morgan fingerprint density at radius 1 is 1.15 bits per heavy atom. The molecule has 4 aromatic rings. The largest absolute Gasteiger partial charge is 0.416 e. The van der Waals surface area contributed by atoms with Crippen LogP contribution in [0, 0.1) is 0 Å². The van der Waals surface area contributed by atoms with Gasteiger partial charge in [-0.2, -0.15) is 18.3 Å². The molecule has 0 bridgehead atoms. The monoisotopic (exact) mass is 407 g/mol. The van der Waals surface area contributed by atoms with Crippen molar-refractivity contribution in [1.82, 2.24) is 24.7 Å². The summed E-state index contributed by atoms with van der Waals surface area (Å²) in [6.45, 7) is 0. The number of hydrogen-bond donors (Lipinski definition) is 0. The number of thiazole rings is 1. The highest BCUT2D eigenvalue weighted by atomic mass is 32.2.